The minimum atomic E-state index is -0.0176. The lowest BCUT2D eigenvalue weighted by Gasteiger charge is -2.35. The normalized spacial score (nSPS) is 14.6. The van der Waals surface area contributed by atoms with Gasteiger partial charge in [-0.05, 0) is 48.7 Å². The average molecular weight is 441 g/mol. The summed E-state index contributed by atoms with van der Waals surface area (Å²) in [5.74, 6) is -0.0176. The van der Waals surface area contributed by atoms with Gasteiger partial charge >= 0.3 is 0 Å². The van der Waals surface area contributed by atoms with Crippen LogP contribution in [0.2, 0.25) is 10.0 Å². The predicted octanol–water partition coefficient (Wildman–Crippen LogP) is 6.82. The summed E-state index contributed by atoms with van der Waals surface area (Å²) in [6.45, 7) is 1.36. The maximum Gasteiger partial charge on any atom is 0.255 e. The number of aromatic nitrogens is 1. The van der Waals surface area contributed by atoms with Gasteiger partial charge in [0.1, 0.15) is 0 Å². The molecule has 1 aliphatic rings. The molecule has 1 saturated carbocycles. The second-order valence-corrected chi connectivity index (χ2v) is 8.81. The summed E-state index contributed by atoms with van der Waals surface area (Å²) in [5.41, 5.74) is 2.89. The van der Waals surface area contributed by atoms with Crippen molar-refractivity contribution in [3.05, 3.63) is 93.7 Å². The first-order valence-corrected chi connectivity index (χ1v) is 11.3. The van der Waals surface area contributed by atoms with Crippen molar-refractivity contribution in [3.63, 3.8) is 0 Å². The van der Waals surface area contributed by atoms with Gasteiger partial charge in [-0.3, -0.25) is 4.79 Å². The molecule has 3 nitrogen and oxygen atoms in total. The first kappa shape index (κ1) is 21.0. The first-order valence-electron chi connectivity index (χ1n) is 10.6. The summed E-state index contributed by atoms with van der Waals surface area (Å²) < 4.78 is 2.22. The molecular formula is C25H26Cl2N2O. The summed E-state index contributed by atoms with van der Waals surface area (Å²) >= 11 is 12.4. The maximum absolute atomic E-state index is 13.6. The Hall–Kier alpha value is -2.23. The standard InChI is InChI=1S/C25H26Cl2N2O/c26-20-13-14-23(24(27)16-20)25(30)29(21-10-5-2-6-11-21)18-22-12-7-15-28(22)17-19-8-3-1-4-9-19/h1,3-4,7-9,12-16,21H,2,5-6,10-11,17-18H2. The SMILES string of the molecule is O=C(c1ccc(Cl)cc1Cl)N(Cc1cccn1Cc1ccccc1)C1CCCCC1. The lowest BCUT2D eigenvalue weighted by atomic mass is 9.93. The van der Waals surface area contributed by atoms with E-state index >= 15 is 0 Å². The molecule has 0 aliphatic heterocycles. The molecule has 3 aromatic rings. The molecule has 0 spiro atoms. The highest BCUT2D eigenvalue weighted by atomic mass is 35.5. The number of hydrogen-bond donors (Lipinski definition) is 0. The number of carbonyl (C=O) groups is 1. The third-order valence-electron chi connectivity index (χ3n) is 5.89. The van der Waals surface area contributed by atoms with Crippen LogP contribution in [0.3, 0.4) is 0 Å². The van der Waals surface area contributed by atoms with Gasteiger partial charge in [-0.15, -0.1) is 0 Å². The van der Waals surface area contributed by atoms with E-state index in [-0.39, 0.29) is 11.9 Å². The van der Waals surface area contributed by atoms with E-state index in [0.717, 1.165) is 37.9 Å². The molecule has 0 unspecified atom stereocenters. The minimum Gasteiger partial charge on any atom is -0.345 e. The first-order chi connectivity index (χ1) is 14.6. The fourth-order valence-corrected chi connectivity index (χ4v) is 4.77. The molecule has 1 aliphatic carbocycles. The number of carbonyl (C=O) groups excluding carboxylic acids is 1. The summed E-state index contributed by atoms with van der Waals surface area (Å²) in [7, 11) is 0. The van der Waals surface area contributed by atoms with E-state index in [1.54, 1.807) is 18.2 Å². The highest BCUT2D eigenvalue weighted by molar-refractivity contribution is 6.36. The van der Waals surface area contributed by atoms with Crippen LogP contribution in [0.15, 0.2) is 66.9 Å². The number of hydrogen-bond acceptors (Lipinski definition) is 1. The van der Waals surface area contributed by atoms with Crippen molar-refractivity contribution in [2.75, 3.05) is 0 Å². The molecule has 0 atom stereocenters. The molecule has 0 N–H and O–H groups in total. The Kier molecular flexibility index (Phi) is 6.81. The Bertz CT molecular complexity index is 993. The molecule has 4 rings (SSSR count). The molecule has 0 saturated heterocycles. The lowest BCUT2D eigenvalue weighted by Crippen LogP contribution is -2.41. The smallest absolute Gasteiger partial charge is 0.255 e. The largest absolute Gasteiger partial charge is 0.345 e. The topological polar surface area (TPSA) is 25.2 Å². The van der Waals surface area contributed by atoms with Crippen LogP contribution in [0.1, 0.15) is 53.7 Å². The van der Waals surface area contributed by atoms with Gasteiger partial charge in [0, 0.05) is 29.5 Å². The summed E-state index contributed by atoms with van der Waals surface area (Å²) in [4.78, 5) is 15.6. The predicted molar refractivity (Wildman–Crippen MR) is 123 cm³/mol. The van der Waals surface area contributed by atoms with Crippen LogP contribution in [-0.4, -0.2) is 21.4 Å². The molecule has 5 heteroatoms. The molecule has 1 fully saturated rings. The van der Waals surface area contributed by atoms with Crippen molar-refractivity contribution in [2.45, 2.75) is 51.2 Å². The zero-order valence-electron chi connectivity index (χ0n) is 16.9. The molecule has 30 heavy (non-hydrogen) atoms. The van der Waals surface area contributed by atoms with Gasteiger partial charge in [-0.2, -0.15) is 0 Å². The van der Waals surface area contributed by atoms with E-state index in [1.807, 2.05) is 11.0 Å². The van der Waals surface area contributed by atoms with Crippen LogP contribution >= 0.6 is 23.2 Å². The monoisotopic (exact) mass is 440 g/mol. The Labute approximate surface area is 188 Å². The van der Waals surface area contributed by atoms with Crippen LogP contribution < -0.4 is 0 Å². The molecule has 156 valence electrons. The second kappa shape index (κ2) is 9.72. The number of nitrogens with zero attached hydrogens (tertiary/aromatic N) is 2. The van der Waals surface area contributed by atoms with E-state index in [2.05, 4.69) is 47.2 Å². The fraction of sp³-hybridized carbons (Fsp3) is 0.320. The Morgan fingerprint density at radius 1 is 0.967 bits per heavy atom. The number of halogens is 2. The zero-order valence-corrected chi connectivity index (χ0v) is 18.4. The van der Waals surface area contributed by atoms with Crippen molar-refractivity contribution in [3.8, 4) is 0 Å². The van der Waals surface area contributed by atoms with Gasteiger partial charge in [-0.25, -0.2) is 0 Å². The van der Waals surface area contributed by atoms with Gasteiger partial charge in [0.2, 0.25) is 0 Å². The van der Waals surface area contributed by atoms with E-state index < -0.39 is 0 Å². The van der Waals surface area contributed by atoms with E-state index in [4.69, 9.17) is 23.2 Å². The average Bonchev–Trinajstić information content (AvgIpc) is 3.19. The second-order valence-electron chi connectivity index (χ2n) is 7.96. The summed E-state index contributed by atoms with van der Waals surface area (Å²) in [6, 6.07) is 19.9. The fourth-order valence-electron chi connectivity index (χ4n) is 4.28. The molecule has 1 heterocycles. The van der Waals surface area contributed by atoms with E-state index in [1.165, 1.54) is 12.0 Å². The molecule has 0 bridgehead atoms. The molecule has 1 aromatic heterocycles. The van der Waals surface area contributed by atoms with E-state index in [0.29, 0.717) is 22.2 Å². The maximum atomic E-state index is 13.6. The Balaban J connectivity index is 1.61. The zero-order chi connectivity index (χ0) is 20.9. The minimum absolute atomic E-state index is 0.0176. The van der Waals surface area contributed by atoms with Gasteiger partial charge in [0.15, 0.2) is 0 Å². The quantitative estimate of drug-likeness (QED) is 0.412. The highest BCUT2D eigenvalue weighted by Crippen LogP contribution is 2.29. The van der Waals surface area contributed by atoms with Crippen LogP contribution in [0.5, 0.6) is 0 Å². The van der Waals surface area contributed by atoms with Gasteiger partial charge in [0.25, 0.3) is 5.91 Å². The molecular weight excluding hydrogens is 415 g/mol. The molecule has 0 radical (unpaired) electrons. The third kappa shape index (κ3) is 4.91. The van der Waals surface area contributed by atoms with Gasteiger partial charge in [-0.1, -0.05) is 72.8 Å². The van der Waals surface area contributed by atoms with Crippen molar-refractivity contribution >= 4 is 29.1 Å². The highest BCUT2D eigenvalue weighted by Gasteiger charge is 2.28. The van der Waals surface area contributed by atoms with Crippen LogP contribution in [-0.2, 0) is 13.1 Å². The van der Waals surface area contributed by atoms with Crippen molar-refractivity contribution in [1.29, 1.82) is 0 Å². The van der Waals surface area contributed by atoms with Gasteiger partial charge < -0.3 is 9.47 Å². The van der Waals surface area contributed by atoms with Crippen LogP contribution in [0, 0.1) is 0 Å². The van der Waals surface area contributed by atoms with Gasteiger partial charge in [0.05, 0.1) is 17.1 Å². The lowest BCUT2D eigenvalue weighted by molar-refractivity contribution is 0.0609. The number of amides is 1. The van der Waals surface area contributed by atoms with Crippen molar-refractivity contribution in [1.82, 2.24) is 9.47 Å². The van der Waals surface area contributed by atoms with Crippen molar-refractivity contribution < 1.29 is 4.79 Å². The summed E-state index contributed by atoms with van der Waals surface area (Å²) in [5, 5.41) is 0.950. The number of rotatable bonds is 6. The van der Waals surface area contributed by atoms with Crippen LogP contribution in [0.4, 0.5) is 0 Å². The molecule has 1 amide bonds. The number of benzene rings is 2. The summed E-state index contributed by atoms with van der Waals surface area (Å²) in [6.07, 6.45) is 7.72. The third-order valence-corrected chi connectivity index (χ3v) is 6.44. The molecule has 2 aromatic carbocycles. The Morgan fingerprint density at radius 3 is 2.47 bits per heavy atom. The Morgan fingerprint density at radius 2 is 1.73 bits per heavy atom. The van der Waals surface area contributed by atoms with Crippen molar-refractivity contribution in [2.24, 2.45) is 0 Å². The van der Waals surface area contributed by atoms with Crippen LogP contribution in [0.25, 0.3) is 0 Å². The van der Waals surface area contributed by atoms with E-state index in [9.17, 15) is 4.79 Å².